The summed E-state index contributed by atoms with van der Waals surface area (Å²) in [6, 6.07) is 8.43. The molecule has 1 fully saturated rings. The van der Waals surface area contributed by atoms with Crippen LogP contribution in [0.2, 0.25) is 5.02 Å². The molecule has 0 unspecified atom stereocenters. The summed E-state index contributed by atoms with van der Waals surface area (Å²) in [5, 5.41) is -0.399. The van der Waals surface area contributed by atoms with Crippen molar-refractivity contribution in [3.05, 3.63) is 64.2 Å². The molecule has 0 radical (unpaired) electrons. The van der Waals surface area contributed by atoms with Crippen molar-refractivity contribution in [2.24, 2.45) is 0 Å². The minimum Gasteiger partial charge on any atom is -0.454 e. The molecule has 6 nitrogen and oxygen atoms in total. The Hall–Kier alpha value is -3.20. The predicted molar refractivity (Wildman–Crippen MR) is 111 cm³/mol. The van der Waals surface area contributed by atoms with E-state index in [9.17, 15) is 22.8 Å². The maximum Gasteiger partial charge on any atom is 0.417 e. The van der Waals surface area contributed by atoms with E-state index in [1.807, 2.05) is 0 Å². The third kappa shape index (κ3) is 4.67. The minimum atomic E-state index is -4.58. The maximum absolute atomic E-state index is 13.0. The number of hydrogen-bond donors (Lipinski definition) is 0. The molecule has 168 valence electrons. The lowest BCUT2D eigenvalue weighted by Crippen LogP contribution is -2.50. The van der Waals surface area contributed by atoms with Gasteiger partial charge in [-0.2, -0.15) is 13.2 Å². The molecular weight excluding hydrogens is 449 g/mol. The fourth-order valence-electron chi connectivity index (χ4n) is 3.48. The van der Waals surface area contributed by atoms with Crippen molar-refractivity contribution in [2.45, 2.75) is 6.18 Å². The van der Waals surface area contributed by atoms with E-state index in [1.165, 1.54) is 18.2 Å². The molecule has 2 aliphatic heterocycles. The van der Waals surface area contributed by atoms with Gasteiger partial charge in [-0.1, -0.05) is 17.7 Å². The van der Waals surface area contributed by atoms with E-state index in [0.29, 0.717) is 43.2 Å². The third-order valence-corrected chi connectivity index (χ3v) is 5.54. The van der Waals surface area contributed by atoms with Gasteiger partial charge >= 0.3 is 6.18 Å². The summed E-state index contributed by atoms with van der Waals surface area (Å²) in [6.07, 6.45) is -2.04. The Balaban J connectivity index is 1.35. The van der Waals surface area contributed by atoms with E-state index in [-0.39, 0.29) is 24.2 Å². The number of fused-ring (bicyclic) bond motifs is 1. The summed E-state index contributed by atoms with van der Waals surface area (Å²) in [4.78, 5) is 28.4. The molecule has 2 aliphatic rings. The topological polar surface area (TPSA) is 59.1 Å². The number of halogens is 4. The van der Waals surface area contributed by atoms with Crippen LogP contribution in [0.4, 0.5) is 13.2 Å². The van der Waals surface area contributed by atoms with Crippen LogP contribution in [0.15, 0.2) is 42.5 Å². The summed E-state index contributed by atoms with van der Waals surface area (Å²) in [5.74, 6) is 0.591. The quantitative estimate of drug-likeness (QED) is 0.639. The lowest BCUT2D eigenvalue weighted by atomic mass is 10.1. The van der Waals surface area contributed by atoms with Crippen LogP contribution < -0.4 is 9.47 Å². The Morgan fingerprint density at radius 3 is 2.34 bits per heavy atom. The van der Waals surface area contributed by atoms with Crippen LogP contribution in [-0.4, -0.2) is 54.6 Å². The molecule has 0 spiro atoms. The van der Waals surface area contributed by atoms with Gasteiger partial charge in [0.1, 0.15) is 0 Å². The first-order chi connectivity index (χ1) is 15.2. The zero-order chi connectivity index (χ0) is 22.9. The summed E-state index contributed by atoms with van der Waals surface area (Å²) >= 11 is 5.61. The summed E-state index contributed by atoms with van der Waals surface area (Å²) in [6.45, 7) is 1.43. The number of alkyl halides is 3. The second-order valence-electron chi connectivity index (χ2n) is 7.26. The molecule has 0 atom stereocenters. The molecule has 0 saturated carbocycles. The fourth-order valence-corrected chi connectivity index (χ4v) is 3.70. The Bertz CT molecular complexity index is 1080. The standard InChI is InChI=1S/C22H18ClF3N2O4/c23-17-4-1-14(11-16(17)22(24,25)26)2-6-20(29)27-7-9-28(10-8-27)21(30)15-3-5-18-19(12-15)32-13-31-18/h1-6,11-12H,7-10,13H2. The molecule has 0 bridgehead atoms. The van der Waals surface area contributed by atoms with Gasteiger partial charge in [-0.25, -0.2) is 0 Å². The van der Waals surface area contributed by atoms with Gasteiger partial charge in [0.2, 0.25) is 12.7 Å². The number of nitrogens with zero attached hydrogens (tertiary/aromatic N) is 2. The van der Waals surface area contributed by atoms with Crippen LogP contribution in [0.5, 0.6) is 11.5 Å². The number of benzene rings is 2. The number of ether oxygens (including phenoxy) is 2. The number of carbonyl (C=O) groups is 2. The van der Waals surface area contributed by atoms with E-state index in [2.05, 4.69) is 0 Å². The molecular formula is C22H18ClF3N2O4. The highest BCUT2D eigenvalue weighted by Crippen LogP contribution is 2.35. The van der Waals surface area contributed by atoms with E-state index in [0.717, 1.165) is 12.1 Å². The van der Waals surface area contributed by atoms with Gasteiger partial charge in [0.25, 0.3) is 5.91 Å². The fraction of sp³-hybridized carbons (Fsp3) is 0.273. The van der Waals surface area contributed by atoms with Crippen molar-refractivity contribution in [2.75, 3.05) is 33.0 Å². The molecule has 2 amide bonds. The number of piperazine rings is 1. The highest BCUT2D eigenvalue weighted by molar-refractivity contribution is 6.31. The number of rotatable bonds is 3. The molecule has 2 aromatic carbocycles. The summed E-state index contributed by atoms with van der Waals surface area (Å²) in [5.41, 5.74) is -0.270. The second kappa shape index (κ2) is 8.74. The number of carbonyl (C=O) groups excluding carboxylic acids is 2. The van der Waals surface area contributed by atoms with Crippen molar-refractivity contribution in [1.29, 1.82) is 0 Å². The van der Waals surface area contributed by atoms with Gasteiger partial charge in [0.05, 0.1) is 10.6 Å². The first kappa shape index (κ1) is 22.0. The van der Waals surface area contributed by atoms with Gasteiger partial charge in [-0.3, -0.25) is 9.59 Å². The van der Waals surface area contributed by atoms with Gasteiger partial charge < -0.3 is 19.3 Å². The van der Waals surface area contributed by atoms with Crippen molar-refractivity contribution in [3.8, 4) is 11.5 Å². The molecule has 10 heteroatoms. The van der Waals surface area contributed by atoms with Crippen molar-refractivity contribution in [1.82, 2.24) is 9.80 Å². The number of hydrogen-bond acceptors (Lipinski definition) is 4. The lowest BCUT2D eigenvalue weighted by molar-refractivity contribution is -0.137. The van der Waals surface area contributed by atoms with Crippen molar-refractivity contribution < 1.29 is 32.2 Å². The molecule has 2 heterocycles. The Morgan fingerprint density at radius 1 is 0.938 bits per heavy atom. The first-order valence-corrected chi connectivity index (χ1v) is 10.1. The SMILES string of the molecule is O=C(C=Cc1ccc(Cl)c(C(F)(F)F)c1)N1CCN(C(=O)c2ccc3c(c2)OCO3)CC1. The highest BCUT2D eigenvalue weighted by Gasteiger charge is 2.33. The summed E-state index contributed by atoms with van der Waals surface area (Å²) < 4.78 is 49.5. The van der Waals surface area contributed by atoms with Crippen molar-refractivity contribution >= 4 is 29.5 Å². The molecule has 32 heavy (non-hydrogen) atoms. The van der Waals surface area contributed by atoms with Crippen LogP contribution in [0.25, 0.3) is 6.08 Å². The third-order valence-electron chi connectivity index (χ3n) is 5.21. The van der Waals surface area contributed by atoms with Gasteiger partial charge in [-0.15, -0.1) is 0 Å². The van der Waals surface area contributed by atoms with Crippen LogP contribution in [0.3, 0.4) is 0 Å². The molecule has 0 N–H and O–H groups in total. The molecule has 4 rings (SSSR count). The average Bonchev–Trinajstić information content (AvgIpc) is 3.25. The van der Waals surface area contributed by atoms with Crippen LogP contribution in [-0.2, 0) is 11.0 Å². The monoisotopic (exact) mass is 466 g/mol. The van der Waals surface area contributed by atoms with Crippen LogP contribution >= 0.6 is 11.6 Å². The zero-order valence-corrected chi connectivity index (χ0v) is 17.4. The smallest absolute Gasteiger partial charge is 0.417 e. The van der Waals surface area contributed by atoms with E-state index in [1.54, 1.807) is 28.0 Å². The van der Waals surface area contributed by atoms with Crippen molar-refractivity contribution in [3.63, 3.8) is 0 Å². The molecule has 1 saturated heterocycles. The van der Waals surface area contributed by atoms with Crippen LogP contribution in [0, 0.1) is 0 Å². The largest absolute Gasteiger partial charge is 0.454 e. The minimum absolute atomic E-state index is 0.120. The Morgan fingerprint density at radius 2 is 1.62 bits per heavy atom. The van der Waals surface area contributed by atoms with E-state index < -0.39 is 16.8 Å². The lowest BCUT2D eigenvalue weighted by Gasteiger charge is -2.34. The zero-order valence-electron chi connectivity index (χ0n) is 16.7. The highest BCUT2D eigenvalue weighted by atomic mass is 35.5. The Labute approximate surface area is 186 Å². The van der Waals surface area contributed by atoms with E-state index >= 15 is 0 Å². The first-order valence-electron chi connectivity index (χ1n) is 9.75. The molecule has 0 aromatic heterocycles. The predicted octanol–water partition coefficient (Wildman–Crippen LogP) is 4.09. The average molecular weight is 467 g/mol. The normalized spacial score (nSPS) is 16.0. The van der Waals surface area contributed by atoms with E-state index in [4.69, 9.17) is 21.1 Å². The summed E-state index contributed by atoms with van der Waals surface area (Å²) in [7, 11) is 0. The maximum atomic E-state index is 13.0. The van der Waals surface area contributed by atoms with Gasteiger partial charge in [-0.05, 0) is 42.0 Å². The Kier molecular flexibility index (Phi) is 6.01. The second-order valence-corrected chi connectivity index (χ2v) is 7.66. The van der Waals surface area contributed by atoms with Gasteiger partial charge in [0, 0.05) is 37.8 Å². The molecule has 2 aromatic rings. The van der Waals surface area contributed by atoms with Crippen LogP contribution in [0.1, 0.15) is 21.5 Å². The number of amides is 2. The van der Waals surface area contributed by atoms with Gasteiger partial charge in [0.15, 0.2) is 11.5 Å². The molecule has 0 aliphatic carbocycles.